The third kappa shape index (κ3) is 3.17. The van der Waals surface area contributed by atoms with Gasteiger partial charge in [-0.15, -0.1) is 0 Å². The molecule has 2 rings (SSSR count). The van der Waals surface area contributed by atoms with Crippen LogP contribution < -0.4 is 4.74 Å². The van der Waals surface area contributed by atoms with Gasteiger partial charge in [0.2, 0.25) is 0 Å². The number of carbonyl (C=O) groups is 1. The average Bonchev–Trinajstić information content (AvgIpc) is 2.43. The van der Waals surface area contributed by atoms with Crippen molar-refractivity contribution in [1.29, 1.82) is 0 Å². The molecule has 0 aliphatic rings. The van der Waals surface area contributed by atoms with Gasteiger partial charge in [-0.2, -0.15) is 0 Å². The Kier molecular flexibility index (Phi) is 4.40. The standard InChI is InChI=1S/C16H14ClFO2/c1-10-3-6-16(20-2)12(7-10)15(19)9-11-4-5-14(18)13(17)8-11/h3-8H,9H2,1-2H3. The van der Waals surface area contributed by atoms with Crippen LogP contribution in [0.25, 0.3) is 0 Å². The predicted molar refractivity (Wildman–Crippen MR) is 77.2 cm³/mol. The highest BCUT2D eigenvalue weighted by atomic mass is 35.5. The van der Waals surface area contributed by atoms with Crippen LogP contribution >= 0.6 is 11.6 Å². The number of benzene rings is 2. The van der Waals surface area contributed by atoms with E-state index in [1.165, 1.54) is 19.2 Å². The van der Waals surface area contributed by atoms with Crippen molar-refractivity contribution in [2.24, 2.45) is 0 Å². The van der Waals surface area contributed by atoms with Crippen molar-refractivity contribution in [2.45, 2.75) is 13.3 Å². The summed E-state index contributed by atoms with van der Waals surface area (Å²) in [6, 6.07) is 9.72. The van der Waals surface area contributed by atoms with Crippen molar-refractivity contribution in [1.82, 2.24) is 0 Å². The first-order chi connectivity index (χ1) is 9.51. The number of ketones is 1. The maximum absolute atomic E-state index is 13.1. The van der Waals surface area contributed by atoms with Crippen LogP contribution in [-0.2, 0) is 6.42 Å². The van der Waals surface area contributed by atoms with E-state index in [0.29, 0.717) is 16.9 Å². The number of ether oxygens (including phenoxy) is 1. The maximum Gasteiger partial charge on any atom is 0.170 e. The molecule has 0 heterocycles. The molecule has 4 heteroatoms. The molecule has 20 heavy (non-hydrogen) atoms. The third-order valence-corrected chi connectivity index (χ3v) is 3.29. The number of methoxy groups -OCH3 is 1. The van der Waals surface area contributed by atoms with Gasteiger partial charge in [0, 0.05) is 6.42 Å². The molecule has 0 saturated carbocycles. The lowest BCUT2D eigenvalue weighted by Crippen LogP contribution is -2.06. The van der Waals surface area contributed by atoms with Gasteiger partial charge in [0.15, 0.2) is 5.78 Å². The molecule has 0 aromatic heterocycles. The summed E-state index contributed by atoms with van der Waals surface area (Å²) in [5.41, 5.74) is 2.17. The van der Waals surface area contributed by atoms with Gasteiger partial charge in [0.05, 0.1) is 17.7 Å². The summed E-state index contributed by atoms with van der Waals surface area (Å²) in [4.78, 5) is 12.3. The molecular formula is C16H14ClFO2. The number of hydrogen-bond donors (Lipinski definition) is 0. The first-order valence-corrected chi connectivity index (χ1v) is 6.51. The predicted octanol–water partition coefficient (Wildman–Crippen LogP) is 4.22. The maximum atomic E-state index is 13.1. The van der Waals surface area contributed by atoms with Crippen molar-refractivity contribution in [2.75, 3.05) is 7.11 Å². The lowest BCUT2D eigenvalue weighted by atomic mass is 10.0. The topological polar surface area (TPSA) is 26.3 Å². The SMILES string of the molecule is COc1ccc(C)cc1C(=O)Cc1ccc(F)c(Cl)c1. The van der Waals surface area contributed by atoms with Crippen LogP contribution in [0.5, 0.6) is 5.75 Å². The van der Waals surface area contributed by atoms with Crippen molar-refractivity contribution < 1.29 is 13.9 Å². The Balaban J connectivity index is 2.27. The minimum absolute atomic E-state index is 0.0199. The highest BCUT2D eigenvalue weighted by Crippen LogP contribution is 2.23. The highest BCUT2D eigenvalue weighted by Gasteiger charge is 2.14. The van der Waals surface area contributed by atoms with Gasteiger partial charge in [-0.3, -0.25) is 4.79 Å². The van der Waals surface area contributed by atoms with Gasteiger partial charge in [-0.05, 0) is 36.8 Å². The van der Waals surface area contributed by atoms with E-state index in [1.807, 2.05) is 13.0 Å². The molecule has 0 spiro atoms. The highest BCUT2D eigenvalue weighted by molar-refractivity contribution is 6.30. The molecule has 0 N–H and O–H groups in total. The van der Waals surface area contributed by atoms with Gasteiger partial charge >= 0.3 is 0 Å². The summed E-state index contributed by atoms with van der Waals surface area (Å²) >= 11 is 5.72. The van der Waals surface area contributed by atoms with Crippen LogP contribution in [0.2, 0.25) is 5.02 Å². The summed E-state index contributed by atoms with van der Waals surface area (Å²) in [7, 11) is 1.52. The van der Waals surface area contributed by atoms with Gasteiger partial charge in [0.25, 0.3) is 0 Å². The molecule has 0 atom stereocenters. The molecule has 0 saturated heterocycles. The lowest BCUT2D eigenvalue weighted by Gasteiger charge is -2.09. The fourth-order valence-electron chi connectivity index (χ4n) is 1.97. The second-order valence-electron chi connectivity index (χ2n) is 4.55. The monoisotopic (exact) mass is 292 g/mol. The first-order valence-electron chi connectivity index (χ1n) is 6.13. The summed E-state index contributed by atoms with van der Waals surface area (Å²) in [5, 5.41) is 0.0199. The summed E-state index contributed by atoms with van der Waals surface area (Å²) in [6.07, 6.45) is 0.153. The van der Waals surface area contributed by atoms with Gasteiger partial charge in [0.1, 0.15) is 11.6 Å². The summed E-state index contributed by atoms with van der Waals surface area (Å²) in [6.45, 7) is 1.91. The Morgan fingerprint density at radius 3 is 2.65 bits per heavy atom. The van der Waals surface area contributed by atoms with Gasteiger partial charge in [-0.1, -0.05) is 29.3 Å². The van der Waals surface area contributed by atoms with Crippen LogP contribution in [0.4, 0.5) is 4.39 Å². The minimum Gasteiger partial charge on any atom is -0.496 e. The number of carbonyl (C=O) groups excluding carboxylic acids is 1. The Hall–Kier alpha value is -1.87. The molecule has 2 aromatic carbocycles. The third-order valence-electron chi connectivity index (χ3n) is 3.00. The molecule has 0 amide bonds. The minimum atomic E-state index is -0.490. The van der Waals surface area contributed by atoms with E-state index in [-0.39, 0.29) is 17.2 Å². The summed E-state index contributed by atoms with van der Waals surface area (Å²) in [5.74, 6) is -0.0435. The van der Waals surface area contributed by atoms with E-state index in [9.17, 15) is 9.18 Å². The molecule has 0 unspecified atom stereocenters. The fraction of sp³-hybridized carbons (Fsp3) is 0.188. The zero-order valence-corrected chi connectivity index (χ0v) is 12.0. The van der Waals surface area contributed by atoms with Crippen LogP contribution in [0.3, 0.4) is 0 Å². The second kappa shape index (κ2) is 6.06. The van der Waals surface area contributed by atoms with E-state index >= 15 is 0 Å². The number of rotatable bonds is 4. The number of aryl methyl sites for hydroxylation is 1. The zero-order chi connectivity index (χ0) is 14.7. The molecule has 2 nitrogen and oxygen atoms in total. The molecule has 2 aromatic rings. The van der Waals surface area contributed by atoms with E-state index in [0.717, 1.165) is 5.56 Å². The summed E-state index contributed by atoms with van der Waals surface area (Å²) < 4.78 is 18.3. The number of Topliss-reactive ketones (excluding diaryl/α,β-unsaturated/α-hetero) is 1. The Morgan fingerprint density at radius 1 is 1.25 bits per heavy atom. The van der Waals surface area contributed by atoms with Crippen molar-refractivity contribution in [3.8, 4) is 5.75 Å². The Bertz CT molecular complexity index is 653. The van der Waals surface area contributed by atoms with Gasteiger partial charge < -0.3 is 4.74 Å². The molecule has 0 aliphatic heterocycles. The van der Waals surface area contributed by atoms with E-state index in [4.69, 9.17) is 16.3 Å². The average molecular weight is 293 g/mol. The number of hydrogen-bond acceptors (Lipinski definition) is 2. The first kappa shape index (κ1) is 14.5. The quantitative estimate of drug-likeness (QED) is 0.789. The molecule has 104 valence electrons. The van der Waals surface area contributed by atoms with Crippen LogP contribution in [0, 0.1) is 12.7 Å². The van der Waals surface area contributed by atoms with Crippen LogP contribution in [0.1, 0.15) is 21.5 Å². The molecule has 0 fully saturated rings. The molecule has 0 bridgehead atoms. The Labute approximate surface area is 122 Å². The lowest BCUT2D eigenvalue weighted by molar-refractivity contribution is 0.0990. The smallest absolute Gasteiger partial charge is 0.170 e. The van der Waals surface area contributed by atoms with Crippen molar-refractivity contribution >= 4 is 17.4 Å². The van der Waals surface area contributed by atoms with E-state index < -0.39 is 5.82 Å². The molecule has 0 aliphatic carbocycles. The van der Waals surface area contributed by atoms with Crippen LogP contribution in [-0.4, -0.2) is 12.9 Å². The molecule has 0 radical (unpaired) electrons. The van der Waals surface area contributed by atoms with Crippen LogP contribution in [0.15, 0.2) is 36.4 Å². The normalized spacial score (nSPS) is 10.4. The second-order valence-corrected chi connectivity index (χ2v) is 4.96. The Morgan fingerprint density at radius 2 is 2.00 bits per heavy atom. The van der Waals surface area contributed by atoms with Crippen molar-refractivity contribution in [3.05, 3.63) is 63.9 Å². The van der Waals surface area contributed by atoms with E-state index in [1.54, 1.807) is 18.2 Å². The van der Waals surface area contributed by atoms with Crippen molar-refractivity contribution in [3.63, 3.8) is 0 Å². The zero-order valence-electron chi connectivity index (χ0n) is 11.2. The number of halogens is 2. The molecular weight excluding hydrogens is 279 g/mol. The largest absolute Gasteiger partial charge is 0.496 e. The fourth-order valence-corrected chi connectivity index (χ4v) is 2.17. The van der Waals surface area contributed by atoms with E-state index in [2.05, 4.69) is 0 Å². The van der Waals surface area contributed by atoms with Gasteiger partial charge in [-0.25, -0.2) is 4.39 Å².